The predicted molar refractivity (Wildman–Crippen MR) is 99.9 cm³/mol. The number of nitriles is 1. The predicted octanol–water partition coefficient (Wildman–Crippen LogP) is 3.24. The third kappa shape index (κ3) is 4.10. The van der Waals surface area contributed by atoms with Crippen molar-refractivity contribution in [3.05, 3.63) is 17.4 Å². The molecule has 2 heterocycles. The molecule has 1 aromatic rings. The van der Waals surface area contributed by atoms with E-state index in [9.17, 15) is 9.18 Å². The zero-order valence-electron chi connectivity index (χ0n) is 16.0. The van der Waals surface area contributed by atoms with Gasteiger partial charge in [-0.15, -0.1) is 0 Å². The second-order valence-corrected chi connectivity index (χ2v) is 8.30. The summed E-state index contributed by atoms with van der Waals surface area (Å²) >= 11 is 0. The lowest BCUT2D eigenvalue weighted by Crippen LogP contribution is -2.41. The van der Waals surface area contributed by atoms with Crippen LogP contribution in [0.1, 0.15) is 45.6 Å². The first-order chi connectivity index (χ1) is 12.7. The lowest BCUT2D eigenvalue weighted by Gasteiger charge is -2.37. The molecule has 1 aromatic carbocycles. The molecule has 2 bridgehead atoms. The van der Waals surface area contributed by atoms with Gasteiger partial charge >= 0.3 is 5.97 Å². The van der Waals surface area contributed by atoms with E-state index in [2.05, 4.69) is 0 Å². The molecule has 0 amide bonds. The van der Waals surface area contributed by atoms with E-state index < -0.39 is 11.4 Å². The number of nitrogens with two attached hydrogens (primary N) is 1. The summed E-state index contributed by atoms with van der Waals surface area (Å²) in [7, 11) is 0. The molecule has 0 saturated carbocycles. The Balaban J connectivity index is 1.71. The summed E-state index contributed by atoms with van der Waals surface area (Å²) in [6.45, 7) is 7.29. The van der Waals surface area contributed by atoms with Gasteiger partial charge in [-0.05, 0) is 39.5 Å². The molecule has 7 heteroatoms. The second kappa shape index (κ2) is 7.26. The van der Waals surface area contributed by atoms with E-state index in [4.69, 9.17) is 20.5 Å². The molecule has 1 saturated heterocycles. The zero-order chi connectivity index (χ0) is 19.8. The zero-order valence-corrected chi connectivity index (χ0v) is 16.0. The smallest absolute Gasteiger partial charge is 0.306 e. The number of ether oxygens (including phenoxy) is 2. The van der Waals surface area contributed by atoms with E-state index in [1.807, 2.05) is 31.7 Å². The summed E-state index contributed by atoms with van der Waals surface area (Å²) in [4.78, 5) is 14.0. The number of piperidine rings is 1. The monoisotopic (exact) mass is 375 g/mol. The number of benzene rings is 1. The van der Waals surface area contributed by atoms with Gasteiger partial charge < -0.3 is 20.1 Å². The number of halogens is 1. The molecule has 0 radical (unpaired) electrons. The molecule has 3 rings (SSSR count). The number of carbonyl (C=O) groups excluding carboxylic acids is 1. The van der Waals surface area contributed by atoms with Crippen LogP contribution in [0.15, 0.2) is 6.07 Å². The third-order valence-corrected chi connectivity index (χ3v) is 5.15. The van der Waals surface area contributed by atoms with Crippen molar-refractivity contribution in [1.82, 2.24) is 0 Å². The van der Waals surface area contributed by atoms with Crippen LogP contribution in [0, 0.1) is 29.0 Å². The summed E-state index contributed by atoms with van der Waals surface area (Å²) in [6.07, 6.45) is 1.93. The van der Waals surface area contributed by atoms with Gasteiger partial charge in [-0.2, -0.15) is 5.26 Å². The van der Waals surface area contributed by atoms with Crippen LogP contribution in [0.25, 0.3) is 0 Å². The van der Waals surface area contributed by atoms with Crippen LogP contribution in [0.5, 0.6) is 5.75 Å². The minimum Gasteiger partial charge on any atom is -0.491 e. The maximum Gasteiger partial charge on any atom is 0.306 e. The summed E-state index contributed by atoms with van der Waals surface area (Å²) < 4.78 is 26.0. The number of carbonyl (C=O) groups is 1. The van der Waals surface area contributed by atoms with Gasteiger partial charge in [0.05, 0.1) is 12.3 Å². The molecule has 146 valence electrons. The van der Waals surface area contributed by atoms with Crippen LogP contribution in [0.4, 0.5) is 15.8 Å². The summed E-state index contributed by atoms with van der Waals surface area (Å²) in [5, 5.41) is 9.17. The molecular weight excluding hydrogens is 349 g/mol. The highest BCUT2D eigenvalue weighted by atomic mass is 19.1. The van der Waals surface area contributed by atoms with Gasteiger partial charge in [0.25, 0.3) is 0 Å². The molecule has 0 aromatic heterocycles. The van der Waals surface area contributed by atoms with Crippen molar-refractivity contribution in [1.29, 1.82) is 5.26 Å². The average Bonchev–Trinajstić information content (AvgIpc) is 2.70. The molecule has 1 fully saturated rings. The molecule has 0 spiro atoms. The van der Waals surface area contributed by atoms with Crippen LogP contribution in [-0.2, 0) is 9.53 Å². The number of nitrogen functional groups attached to an aromatic ring is 1. The highest BCUT2D eigenvalue weighted by Crippen LogP contribution is 2.43. The van der Waals surface area contributed by atoms with Gasteiger partial charge in [0.15, 0.2) is 5.82 Å². The summed E-state index contributed by atoms with van der Waals surface area (Å²) in [5.41, 5.74) is 5.59. The number of hydrogen-bond donors (Lipinski definition) is 1. The van der Waals surface area contributed by atoms with Gasteiger partial charge in [-0.3, -0.25) is 4.79 Å². The average molecular weight is 375 g/mol. The summed E-state index contributed by atoms with van der Waals surface area (Å²) in [5.74, 6) is 0.0681. The first-order valence-corrected chi connectivity index (χ1v) is 9.31. The van der Waals surface area contributed by atoms with Gasteiger partial charge in [0.2, 0.25) is 0 Å². The molecular formula is C20H26FN3O3. The van der Waals surface area contributed by atoms with Crippen LogP contribution in [0.2, 0.25) is 0 Å². The minimum atomic E-state index is -0.611. The minimum absolute atomic E-state index is 0.0906. The molecule has 6 nitrogen and oxygen atoms in total. The molecule has 2 aliphatic heterocycles. The number of esters is 1. The van der Waals surface area contributed by atoms with Crippen LogP contribution < -0.4 is 15.4 Å². The largest absolute Gasteiger partial charge is 0.491 e. The Labute approximate surface area is 159 Å². The van der Waals surface area contributed by atoms with E-state index >= 15 is 0 Å². The van der Waals surface area contributed by atoms with E-state index in [1.54, 1.807) is 0 Å². The van der Waals surface area contributed by atoms with Crippen molar-refractivity contribution in [3.8, 4) is 11.8 Å². The maximum atomic E-state index is 14.8. The number of nitrogens with zero attached hydrogens (tertiary/aromatic N) is 2. The first-order valence-electron chi connectivity index (χ1n) is 9.31. The van der Waals surface area contributed by atoms with E-state index in [0.29, 0.717) is 43.5 Å². The van der Waals surface area contributed by atoms with E-state index in [1.165, 1.54) is 6.07 Å². The number of fused-ring (bicyclic) bond motifs is 4. The molecule has 0 aliphatic carbocycles. The Kier molecular flexibility index (Phi) is 5.18. The van der Waals surface area contributed by atoms with E-state index in [-0.39, 0.29) is 23.1 Å². The molecule has 2 aliphatic rings. The fraction of sp³-hybridized carbons (Fsp3) is 0.600. The van der Waals surface area contributed by atoms with Crippen LogP contribution >= 0.6 is 0 Å². The lowest BCUT2D eigenvalue weighted by molar-refractivity contribution is -0.155. The van der Waals surface area contributed by atoms with Crippen LogP contribution in [0.3, 0.4) is 0 Å². The van der Waals surface area contributed by atoms with Crippen molar-refractivity contribution in [2.24, 2.45) is 11.8 Å². The fourth-order valence-electron chi connectivity index (χ4n) is 3.90. The lowest BCUT2D eigenvalue weighted by atomic mass is 9.83. The van der Waals surface area contributed by atoms with Crippen molar-refractivity contribution in [2.75, 3.05) is 30.3 Å². The Bertz CT molecular complexity index is 782. The fourth-order valence-corrected chi connectivity index (χ4v) is 3.90. The van der Waals surface area contributed by atoms with Crippen molar-refractivity contribution in [3.63, 3.8) is 0 Å². The van der Waals surface area contributed by atoms with Crippen molar-refractivity contribution >= 4 is 17.3 Å². The van der Waals surface area contributed by atoms with Crippen LogP contribution in [-0.4, -0.2) is 31.3 Å². The van der Waals surface area contributed by atoms with Gasteiger partial charge in [0, 0.05) is 31.5 Å². The third-order valence-electron chi connectivity index (χ3n) is 5.15. The van der Waals surface area contributed by atoms with Crippen molar-refractivity contribution < 1.29 is 18.7 Å². The van der Waals surface area contributed by atoms with Crippen molar-refractivity contribution in [2.45, 2.75) is 45.6 Å². The van der Waals surface area contributed by atoms with Gasteiger partial charge in [-0.1, -0.05) is 0 Å². The topological polar surface area (TPSA) is 88.6 Å². The number of anilines is 2. The Morgan fingerprint density at radius 1 is 1.52 bits per heavy atom. The Morgan fingerprint density at radius 2 is 2.26 bits per heavy atom. The second-order valence-electron chi connectivity index (χ2n) is 8.30. The maximum absolute atomic E-state index is 14.8. The molecule has 2 atom stereocenters. The van der Waals surface area contributed by atoms with Gasteiger partial charge in [0.1, 0.15) is 28.7 Å². The van der Waals surface area contributed by atoms with E-state index in [0.717, 1.165) is 12.8 Å². The number of rotatable bonds is 3. The highest BCUT2D eigenvalue weighted by molar-refractivity contribution is 5.72. The highest BCUT2D eigenvalue weighted by Gasteiger charge is 2.36. The molecule has 1 unspecified atom stereocenters. The Hall–Kier alpha value is -2.49. The standard InChI is InChI=1S/C20H26FN3O3/c1-20(2,3)27-17(25)5-4-12-6-7-24-10-13(12)11-26-16-8-15(23)14(9-22)18(21)19(16)24/h8,12-13H,4-7,10-11,23H2,1-3H3/t12?,13-/m0/s1. The normalized spacial score (nSPS) is 21.5. The summed E-state index contributed by atoms with van der Waals surface area (Å²) in [6, 6.07) is 3.37. The quantitative estimate of drug-likeness (QED) is 0.644. The molecule has 2 N–H and O–H groups in total. The molecule has 27 heavy (non-hydrogen) atoms. The first kappa shape index (κ1) is 19.3. The number of hydrogen-bond acceptors (Lipinski definition) is 6. The Morgan fingerprint density at radius 3 is 2.93 bits per heavy atom. The van der Waals surface area contributed by atoms with Gasteiger partial charge in [-0.25, -0.2) is 4.39 Å². The SMILES string of the molecule is CC(C)(C)OC(=O)CCC1CCN2C[C@H]1COc1cc(N)c(C#N)c(F)c12.